The molecular formula is C10H12N4. The molecule has 0 saturated heterocycles. The highest BCUT2D eigenvalue weighted by atomic mass is 15.2. The summed E-state index contributed by atoms with van der Waals surface area (Å²) in [5, 5.41) is 9.67. The smallest absolute Gasteiger partial charge is 0.143 e. The molecule has 0 bridgehead atoms. The second kappa shape index (κ2) is 3.41. The van der Waals surface area contributed by atoms with Gasteiger partial charge in [0.15, 0.2) is 0 Å². The molecule has 0 radical (unpaired) electrons. The van der Waals surface area contributed by atoms with Crippen LogP contribution in [0.4, 0.5) is 17.2 Å². The molecule has 4 N–H and O–H groups in total. The lowest BCUT2D eigenvalue weighted by molar-refractivity contribution is 1.10. The SMILES string of the molecule is Cc1cccc(Nc2cn[nH]c2N)c1. The molecule has 2 rings (SSSR count). The average Bonchev–Trinajstić information content (AvgIpc) is 2.52. The number of nitrogens with zero attached hydrogens (tertiary/aromatic N) is 1. The fraction of sp³-hybridized carbons (Fsp3) is 0.100. The summed E-state index contributed by atoms with van der Waals surface area (Å²) >= 11 is 0. The minimum Gasteiger partial charge on any atom is -0.382 e. The van der Waals surface area contributed by atoms with Crippen molar-refractivity contribution in [1.82, 2.24) is 10.2 Å². The van der Waals surface area contributed by atoms with Crippen LogP contribution in [-0.4, -0.2) is 10.2 Å². The van der Waals surface area contributed by atoms with Gasteiger partial charge in [0.25, 0.3) is 0 Å². The van der Waals surface area contributed by atoms with Crippen molar-refractivity contribution in [3.05, 3.63) is 36.0 Å². The lowest BCUT2D eigenvalue weighted by Crippen LogP contribution is -1.93. The van der Waals surface area contributed by atoms with Gasteiger partial charge < -0.3 is 11.1 Å². The normalized spacial score (nSPS) is 10.1. The highest BCUT2D eigenvalue weighted by Gasteiger charge is 2.00. The number of anilines is 3. The molecule has 4 heteroatoms. The number of hydrogen-bond acceptors (Lipinski definition) is 3. The molecule has 0 aliphatic carbocycles. The van der Waals surface area contributed by atoms with Crippen molar-refractivity contribution < 1.29 is 0 Å². The number of benzene rings is 1. The Morgan fingerprint density at radius 2 is 2.29 bits per heavy atom. The molecule has 14 heavy (non-hydrogen) atoms. The number of aromatic amines is 1. The lowest BCUT2D eigenvalue weighted by atomic mass is 10.2. The number of aryl methyl sites for hydroxylation is 1. The quantitative estimate of drug-likeness (QED) is 0.675. The van der Waals surface area contributed by atoms with E-state index < -0.39 is 0 Å². The maximum atomic E-state index is 5.65. The first-order chi connectivity index (χ1) is 6.75. The standard InChI is InChI=1S/C10H12N4/c1-7-3-2-4-8(5-7)13-9-6-12-14-10(9)11/h2-6,13H,1H3,(H3,11,12,14). The van der Waals surface area contributed by atoms with E-state index in [2.05, 4.69) is 15.5 Å². The zero-order chi connectivity index (χ0) is 9.97. The van der Waals surface area contributed by atoms with Gasteiger partial charge in [0.1, 0.15) is 11.5 Å². The predicted octanol–water partition coefficient (Wildman–Crippen LogP) is 2.04. The summed E-state index contributed by atoms with van der Waals surface area (Å²) < 4.78 is 0. The zero-order valence-corrected chi connectivity index (χ0v) is 7.91. The Bertz CT molecular complexity index is 433. The minimum absolute atomic E-state index is 0.548. The third-order valence-corrected chi connectivity index (χ3v) is 1.97. The summed E-state index contributed by atoms with van der Waals surface area (Å²) in [6.45, 7) is 2.05. The van der Waals surface area contributed by atoms with Crippen molar-refractivity contribution in [1.29, 1.82) is 0 Å². The molecular weight excluding hydrogens is 176 g/mol. The van der Waals surface area contributed by atoms with Gasteiger partial charge in [0.2, 0.25) is 0 Å². The van der Waals surface area contributed by atoms with Crippen LogP contribution in [0.15, 0.2) is 30.5 Å². The van der Waals surface area contributed by atoms with Gasteiger partial charge in [-0.1, -0.05) is 12.1 Å². The van der Waals surface area contributed by atoms with E-state index in [9.17, 15) is 0 Å². The highest BCUT2D eigenvalue weighted by molar-refractivity contribution is 5.68. The van der Waals surface area contributed by atoms with Crippen LogP contribution in [0.1, 0.15) is 5.56 Å². The van der Waals surface area contributed by atoms with Gasteiger partial charge in [-0.05, 0) is 24.6 Å². The third kappa shape index (κ3) is 1.69. The van der Waals surface area contributed by atoms with Crippen molar-refractivity contribution >= 4 is 17.2 Å². The minimum atomic E-state index is 0.548. The fourth-order valence-corrected chi connectivity index (χ4v) is 1.27. The van der Waals surface area contributed by atoms with Crippen LogP contribution in [0, 0.1) is 6.92 Å². The van der Waals surface area contributed by atoms with E-state index in [-0.39, 0.29) is 0 Å². The molecule has 0 unspecified atom stereocenters. The summed E-state index contributed by atoms with van der Waals surface area (Å²) in [4.78, 5) is 0. The molecule has 0 atom stereocenters. The first kappa shape index (κ1) is 8.62. The van der Waals surface area contributed by atoms with Crippen LogP contribution in [0.3, 0.4) is 0 Å². The Morgan fingerprint density at radius 3 is 2.93 bits per heavy atom. The van der Waals surface area contributed by atoms with Crippen LogP contribution in [0.5, 0.6) is 0 Å². The first-order valence-corrected chi connectivity index (χ1v) is 4.38. The molecule has 0 aliphatic rings. The summed E-state index contributed by atoms with van der Waals surface area (Å²) in [5.41, 5.74) is 8.67. The predicted molar refractivity (Wildman–Crippen MR) is 57.5 cm³/mol. The molecule has 2 aromatic rings. The van der Waals surface area contributed by atoms with Crippen molar-refractivity contribution in [2.45, 2.75) is 6.92 Å². The fourth-order valence-electron chi connectivity index (χ4n) is 1.27. The van der Waals surface area contributed by atoms with E-state index in [4.69, 9.17) is 5.73 Å². The van der Waals surface area contributed by atoms with E-state index >= 15 is 0 Å². The van der Waals surface area contributed by atoms with Gasteiger partial charge in [-0.2, -0.15) is 5.10 Å². The number of nitrogen functional groups attached to an aromatic ring is 1. The van der Waals surface area contributed by atoms with Gasteiger partial charge in [0, 0.05) is 5.69 Å². The van der Waals surface area contributed by atoms with Crippen molar-refractivity contribution in [2.24, 2.45) is 0 Å². The van der Waals surface area contributed by atoms with Gasteiger partial charge in [-0.15, -0.1) is 0 Å². The highest BCUT2D eigenvalue weighted by Crippen LogP contribution is 2.20. The van der Waals surface area contributed by atoms with E-state index in [0.29, 0.717) is 5.82 Å². The van der Waals surface area contributed by atoms with E-state index in [1.165, 1.54) is 5.56 Å². The van der Waals surface area contributed by atoms with E-state index in [1.807, 2.05) is 31.2 Å². The van der Waals surface area contributed by atoms with Crippen LogP contribution in [0.25, 0.3) is 0 Å². The third-order valence-electron chi connectivity index (χ3n) is 1.97. The van der Waals surface area contributed by atoms with Gasteiger partial charge >= 0.3 is 0 Å². The van der Waals surface area contributed by atoms with Gasteiger partial charge in [-0.25, -0.2) is 0 Å². The summed E-state index contributed by atoms with van der Waals surface area (Å²) in [6.07, 6.45) is 1.66. The number of nitrogens with two attached hydrogens (primary N) is 1. The van der Waals surface area contributed by atoms with Gasteiger partial charge in [-0.3, -0.25) is 5.10 Å². The van der Waals surface area contributed by atoms with Crippen molar-refractivity contribution in [2.75, 3.05) is 11.1 Å². The summed E-state index contributed by atoms with van der Waals surface area (Å²) in [7, 11) is 0. The molecule has 1 aromatic carbocycles. The Morgan fingerprint density at radius 1 is 1.43 bits per heavy atom. The van der Waals surface area contributed by atoms with Crippen LogP contribution in [0.2, 0.25) is 0 Å². The second-order valence-electron chi connectivity index (χ2n) is 3.19. The maximum Gasteiger partial charge on any atom is 0.143 e. The Balaban J connectivity index is 2.23. The maximum absolute atomic E-state index is 5.65. The van der Waals surface area contributed by atoms with Crippen LogP contribution >= 0.6 is 0 Å². The number of aromatic nitrogens is 2. The number of rotatable bonds is 2. The molecule has 0 fully saturated rings. The average molecular weight is 188 g/mol. The largest absolute Gasteiger partial charge is 0.382 e. The summed E-state index contributed by atoms with van der Waals surface area (Å²) in [6, 6.07) is 8.07. The number of H-pyrrole nitrogens is 1. The molecule has 0 aliphatic heterocycles. The monoisotopic (exact) mass is 188 g/mol. The molecule has 0 saturated carbocycles. The zero-order valence-electron chi connectivity index (χ0n) is 7.91. The topological polar surface area (TPSA) is 66.7 Å². The second-order valence-corrected chi connectivity index (χ2v) is 3.19. The van der Waals surface area contributed by atoms with Crippen molar-refractivity contribution in [3.8, 4) is 0 Å². The molecule has 4 nitrogen and oxygen atoms in total. The number of hydrogen-bond donors (Lipinski definition) is 3. The van der Waals surface area contributed by atoms with Crippen LogP contribution < -0.4 is 11.1 Å². The number of nitrogens with one attached hydrogen (secondary N) is 2. The first-order valence-electron chi connectivity index (χ1n) is 4.38. The Kier molecular flexibility index (Phi) is 2.10. The molecule has 1 aromatic heterocycles. The molecule has 0 spiro atoms. The molecule has 1 heterocycles. The molecule has 72 valence electrons. The van der Waals surface area contributed by atoms with E-state index in [1.54, 1.807) is 6.20 Å². The molecule has 0 amide bonds. The van der Waals surface area contributed by atoms with E-state index in [0.717, 1.165) is 11.4 Å². The van der Waals surface area contributed by atoms with Crippen LogP contribution in [-0.2, 0) is 0 Å². The van der Waals surface area contributed by atoms with Crippen molar-refractivity contribution in [3.63, 3.8) is 0 Å². The Labute approximate surface area is 82.1 Å². The Hall–Kier alpha value is -1.97. The van der Waals surface area contributed by atoms with Gasteiger partial charge in [0.05, 0.1) is 6.20 Å². The summed E-state index contributed by atoms with van der Waals surface area (Å²) in [5.74, 6) is 0.548. The lowest BCUT2D eigenvalue weighted by Gasteiger charge is -2.04.